The van der Waals surface area contributed by atoms with Crippen molar-refractivity contribution >= 4 is 43.3 Å². The minimum Gasteiger partial charge on any atom is -0.383 e. The van der Waals surface area contributed by atoms with E-state index in [4.69, 9.17) is 5.73 Å². The first-order valence-electron chi connectivity index (χ1n) is 5.00. The van der Waals surface area contributed by atoms with E-state index < -0.39 is 0 Å². The van der Waals surface area contributed by atoms with E-state index in [1.807, 2.05) is 18.2 Å². The molecule has 17 heavy (non-hydrogen) atoms. The second-order valence-electron chi connectivity index (χ2n) is 3.57. The van der Waals surface area contributed by atoms with E-state index >= 15 is 0 Å². The van der Waals surface area contributed by atoms with Crippen LogP contribution >= 0.6 is 27.3 Å². The lowest BCUT2D eigenvalue weighted by Gasteiger charge is -2.03. The molecule has 84 valence electrons. The smallest absolute Gasteiger partial charge is 0.136 e. The van der Waals surface area contributed by atoms with Crippen molar-refractivity contribution in [1.82, 2.24) is 9.97 Å². The van der Waals surface area contributed by atoms with E-state index in [0.717, 1.165) is 25.8 Å². The first-order chi connectivity index (χ1) is 8.27. The zero-order valence-electron chi connectivity index (χ0n) is 8.72. The Hall–Kier alpha value is -1.46. The van der Waals surface area contributed by atoms with E-state index in [9.17, 15) is 0 Å². The Morgan fingerprint density at radius 3 is 2.76 bits per heavy atom. The number of nitrogen functional groups attached to an aromatic ring is 1. The highest BCUT2D eigenvalue weighted by atomic mass is 79.9. The number of rotatable bonds is 1. The van der Waals surface area contributed by atoms with Gasteiger partial charge in [-0.2, -0.15) is 0 Å². The lowest BCUT2D eigenvalue weighted by atomic mass is 10.1. The molecule has 0 radical (unpaired) electrons. The van der Waals surface area contributed by atoms with E-state index in [-0.39, 0.29) is 0 Å². The molecule has 0 fully saturated rings. The predicted octanol–water partition coefficient (Wildman–Crippen LogP) is 3.70. The third-order valence-corrected chi connectivity index (χ3v) is 4.14. The summed E-state index contributed by atoms with van der Waals surface area (Å²) < 4.78 is 1.04. The number of hydrogen-bond donors (Lipinski definition) is 1. The minimum atomic E-state index is 0.530. The van der Waals surface area contributed by atoms with Crippen LogP contribution in [-0.2, 0) is 0 Å². The van der Waals surface area contributed by atoms with Gasteiger partial charge < -0.3 is 5.73 Å². The summed E-state index contributed by atoms with van der Waals surface area (Å²) in [6.07, 6.45) is 1.50. The number of nitrogens with zero attached hydrogens (tertiary/aromatic N) is 2. The molecule has 2 N–H and O–H groups in total. The molecule has 0 bridgehead atoms. The summed E-state index contributed by atoms with van der Waals surface area (Å²) in [5.74, 6) is 0.530. The quantitative estimate of drug-likeness (QED) is 0.746. The van der Waals surface area contributed by atoms with E-state index in [0.29, 0.717) is 5.82 Å². The van der Waals surface area contributed by atoms with Gasteiger partial charge in [0.2, 0.25) is 0 Å². The van der Waals surface area contributed by atoms with E-state index in [1.54, 1.807) is 11.3 Å². The van der Waals surface area contributed by atoms with Crippen LogP contribution in [0.5, 0.6) is 0 Å². The molecule has 0 saturated carbocycles. The van der Waals surface area contributed by atoms with Gasteiger partial charge in [-0.3, -0.25) is 0 Å². The average molecular weight is 306 g/mol. The maximum absolute atomic E-state index is 5.93. The molecule has 0 aliphatic carbocycles. The van der Waals surface area contributed by atoms with E-state index in [1.165, 1.54) is 6.33 Å². The SMILES string of the molecule is Nc1ncnc2scc(-c3ccccc3Br)c12. The number of fused-ring (bicyclic) bond motifs is 1. The largest absolute Gasteiger partial charge is 0.383 e. The molecule has 0 unspecified atom stereocenters. The topological polar surface area (TPSA) is 51.8 Å². The number of anilines is 1. The Bertz CT molecular complexity index is 693. The van der Waals surface area contributed by atoms with Crippen molar-refractivity contribution in [3.63, 3.8) is 0 Å². The molecule has 3 rings (SSSR count). The Morgan fingerprint density at radius 2 is 1.94 bits per heavy atom. The van der Waals surface area contributed by atoms with Gasteiger partial charge in [0.05, 0.1) is 5.39 Å². The van der Waals surface area contributed by atoms with Crippen LogP contribution in [-0.4, -0.2) is 9.97 Å². The van der Waals surface area contributed by atoms with Crippen LogP contribution in [0.2, 0.25) is 0 Å². The molecule has 2 heterocycles. The first-order valence-corrected chi connectivity index (χ1v) is 6.67. The molecule has 0 amide bonds. The normalized spacial score (nSPS) is 10.9. The molecule has 0 atom stereocenters. The molecule has 3 nitrogen and oxygen atoms in total. The van der Waals surface area contributed by atoms with Gasteiger partial charge >= 0.3 is 0 Å². The van der Waals surface area contributed by atoms with Crippen LogP contribution in [0.25, 0.3) is 21.3 Å². The van der Waals surface area contributed by atoms with Crippen LogP contribution in [0.3, 0.4) is 0 Å². The summed E-state index contributed by atoms with van der Waals surface area (Å²) in [7, 11) is 0. The fourth-order valence-electron chi connectivity index (χ4n) is 1.78. The summed E-state index contributed by atoms with van der Waals surface area (Å²) in [6, 6.07) is 8.06. The number of benzene rings is 1. The third-order valence-electron chi connectivity index (χ3n) is 2.56. The molecular formula is C12H8BrN3S. The highest BCUT2D eigenvalue weighted by Crippen LogP contribution is 2.38. The molecule has 0 saturated heterocycles. The second-order valence-corrected chi connectivity index (χ2v) is 5.28. The van der Waals surface area contributed by atoms with Crippen molar-refractivity contribution in [3.8, 4) is 11.1 Å². The van der Waals surface area contributed by atoms with Gasteiger partial charge in [0.15, 0.2) is 0 Å². The lowest BCUT2D eigenvalue weighted by Crippen LogP contribution is -1.92. The standard InChI is InChI=1S/C12H8BrN3S/c13-9-4-2-1-3-7(9)8-5-17-12-10(8)11(14)15-6-16-12/h1-6H,(H2,14,15,16). The Kier molecular flexibility index (Phi) is 2.57. The number of nitrogens with two attached hydrogens (primary N) is 1. The highest BCUT2D eigenvalue weighted by Gasteiger charge is 2.12. The van der Waals surface area contributed by atoms with Gasteiger partial charge in [0.1, 0.15) is 17.0 Å². The van der Waals surface area contributed by atoms with Crippen molar-refractivity contribution in [3.05, 3.63) is 40.4 Å². The minimum absolute atomic E-state index is 0.530. The monoisotopic (exact) mass is 305 g/mol. The second kappa shape index (κ2) is 4.09. The number of halogens is 1. The van der Waals surface area contributed by atoms with Gasteiger partial charge in [-0.05, 0) is 11.6 Å². The van der Waals surface area contributed by atoms with Gasteiger partial charge in [0.25, 0.3) is 0 Å². The molecule has 3 aromatic rings. The lowest BCUT2D eigenvalue weighted by molar-refractivity contribution is 1.24. The highest BCUT2D eigenvalue weighted by molar-refractivity contribution is 9.10. The molecule has 5 heteroatoms. The first kappa shape index (κ1) is 10.7. The number of hydrogen-bond acceptors (Lipinski definition) is 4. The zero-order valence-corrected chi connectivity index (χ0v) is 11.1. The van der Waals surface area contributed by atoms with Crippen molar-refractivity contribution in [2.24, 2.45) is 0 Å². The molecular weight excluding hydrogens is 298 g/mol. The van der Waals surface area contributed by atoms with Crippen LogP contribution in [0.15, 0.2) is 40.4 Å². The summed E-state index contributed by atoms with van der Waals surface area (Å²) >= 11 is 5.13. The summed E-state index contributed by atoms with van der Waals surface area (Å²) in [5.41, 5.74) is 8.12. The van der Waals surface area contributed by atoms with Crippen LogP contribution in [0.4, 0.5) is 5.82 Å². The van der Waals surface area contributed by atoms with Crippen molar-refractivity contribution in [2.45, 2.75) is 0 Å². The maximum atomic E-state index is 5.93. The Balaban J connectivity index is 2.36. The molecule has 0 aliphatic rings. The molecule has 0 spiro atoms. The maximum Gasteiger partial charge on any atom is 0.136 e. The van der Waals surface area contributed by atoms with Gasteiger partial charge in [-0.15, -0.1) is 11.3 Å². The van der Waals surface area contributed by atoms with Crippen molar-refractivity contribution in [1.29, 1.82) is 0 Å². The van der Waals surface area contributed by atoms with Crippen molar-refractivity contribution in [2.75, 3.05) is 5.73 Å². The Labute approximate surface area is 110 Å². The van der Waals surface area contributed by atoms with Crippen LogP contribution < -0.4 is 5.73 Å². The van der Waals surface area contributed by atoms with Gasteiger partial charge in [-0.25, -0.2) is 9.97 Å². The van der Waals surface area contributed by atoms with Gasteiger partial charge in [0, 0.05) is 15.4 Å². The molecule has 1 aromatic carbocycles. The predicted molar refractivity (Wildman–Crippen MR) is 75.0 cm³/mol. The van der Waals surface area contributed by atoms with Crippen LogP contribution in [0, 0.1) is 0 Å². The van der Waals surface area contributed by atoms with Crippen LogP contribution in [0.1, 0.15) is 0 Å². The zero-order chi connectivity index (χ0) is 11.8. The van der Waals surface area contributed by atoms with Crippen molar-refractivity contribution < 1.29 is 0 Å². The number of aromatic nitrogens is 2. The average Bonchev–Trinajstić information content (AvgIpc) is 2.75. The Morgan fingerprint density at radius 1 is 1.12 bits per heavy atom. The summed E-state index contributed by atoms with van der Waals surface area (Å²) in [5, 5.41) is 3.00. The molecule has 2 aromatic heterocycles. The fraction of sp³-hybridized carbons (Fsp3) is 0. The summed E-state index contributed by atoms with van der Waals surface area (Å²) in [6.45, 7) is 0. The van der Waals surface area contributed by atoms with Gasteiger partial charge in [-0.1, -0.05) is 34.1 Å². The van der Waals surface area contributed by atoms with E-state index in [2.05, 4.69) is 37.3 Å². The molecule has 0 aliphatic heterocycles. The summed E-state index contributed by atoms with van der Waals surface area (Å²) in [4.78, 5) is 9.20. The third kappa shape index (κ3) is 1.71. The number of thiophene rings is 1. The fourth-order valence-corrected chi connectivity index (χ4v) is 3.19.